The standard InChI is InChI=1S/C42H67NO7/c1-6-8-10-12-14-16-18-19-20-21-23-25-27-29-31-33-41(45)50-38(36-48-35-34-39(42(46)47)43(3,4)5)37-49-40(44)32-30-28-26-24-22-17-15-13-11-9-7-2/h8,10,12-23,38-39H,6-7,9,11,24-37H2,1-5H3/p+1/b10-8+,14-12+,15-13+,18-16+,20-19+,22-17+,23-21+. The zero-order valence-corrected chi connectivity index (χ0v) is 31.8. The minimum Gasteiger partial charge on any atom is -0.477 e. The first-order chi connectivity index (χ1) is 24.1. The summed E-state index contributed by atoms with van der Waals surface area (Å²) >= 11 is 0. The van der Waals surface area contributed by atoms with Crippen molar-refractivity contribution in [3.63, 3.8) is 0 Å². The highest BCUT2D eigenvalue weighted by Crippen LogP contribution is 2.11. The number of carboxylic acid groups (broad SMARTS) is 1. The van der Waals surface area contributed by atoms with Gasteiger partial charge in [0.25, 0.3) is 0 Å². The van der Waals surface area contributed by atoms with Crippen LogP contribution in [0, 0.1) is 0 Å². The molecule has 2 atom stereocenters. The molecule has 0 spiro atoms. The van der Waals surface area contributed by atoms with Crippen molar-refractivity contribution in [1.82, 2.24) is 0 Å². The van der Waals surface area contributed by atoms with Crippen molar-refractivity contribution in [1.29, 1.82) is 0 Å². The third kappa shape index (κ3) is 30.6. The van der Waals surface area contributed by atoms with Crippen molar-refractivity contribution in [3.05, 3.63) is 85.1 Å². The molecule has 0 saturated heterocycles. The van der Waals surface area contributed by atoms with Gasteiger partial charge in [-0.3, -0.25) is 9.59 Å². The lowest BCUT2D eigenvalue weighted by Crippen LogP contribution is -2.50. The monoisotopic (exact) mass is 698 g/mol. The topological polar surface area (TPSA) is 99.1 Å². The molecule has 0 aromatic carbocycles. The van der Waals surface area contributed by atoms with Crippen molar-refractivity contribution in [2.75, 3.05) is 41.0 Å². The van der Waals surface area contributed by atoms with Crippen LogP contribution < -0.4 is 0 Å². The summed E-state index contributed by atoms with van der Waals surface area (Å²) in [4.78, 5) is 36.7. The molecule has 0 radical (unpaired) electrons. The molecule has 0 aliphatic carbocycles. The third-order valence-corrected chi connectivity index (χ3v) is 7.68. The molecule has 0 bridgehead atoms. The number of likely N-dealkylation sites (N-methyl/N-ethyl adjacent to an activating group) is 1. The summed E-state index contributed by atoms with van der Waals surface area (Å²) in [5.41, 5.74) is 0. The molecule has 282 valence electrons. The summed E-state index contributed by atoms with van der Waals surface area (Å²) < 4.78 is 17.1. The van der Waals surface area contributed by atoms with Gasteiger partial charge < -0.3 is 23.8 Å². The summed E-state index contributed by atoms with van der Waals surface area (Å²) in [6.45, 7) is 4.42. The molecule has 0 amide bonds. The lowest BCUT2D eigenvalue weighted by molar-refractivity contribution is -0.887. The molecule has 1 N–H and O–H groups in total. The molecule has 0 aliphatic rings. The van der Waals surface area contributed by atoms with Crippen LogP contribution in [-0.2, 0) is 28.6 Å². The van der Waals surface area contributed by atoms with Crippen molar-refractivity contribution in [2.24, 2.45) is 0 Å². The molecule has 0 aliphatic heterocycles. The van der Waals surface area contributed by atoms with E-state index in [0.29, 0.717) is 19.3 Å². The number of esters is 2. The first-order valence-corrected chi connectivity index (χ1v) is 18.7. The number of quaternary nitrogens is 1. The van der Waals surface area contributed by atoms with E-state index < -0.39 is 18.1 Å². The summed E-state index contributed by atoms with van der Waals surface area (Å²) in [6.07, 6.45) is 40.6. The second-order valence-electron chi connectivity index (χ2n) is 13.2. The normalized spacial score (nSPS) is 14.0. The number of hydrogen-bond donors (Lipinski definition) is 1. The van der Waals surface area contributed by atoms with Crippen molar-refractivity contribution in [3.8, 4) is 0 Å². The average Bonchev–Trinajstić information content (AvgIpc) is 3.06. The van der Waals surface area contributed by atoms with E-state index in [1.807, 2.05) is 69.8 Å². The van der Waals surface area contributed by atoms with Crippen LogP contribution in [-0.4, -0.2) is 80.6 Å². The molecule has 0 rings (SSSR count). The molecule has 0 saturated carbocycles. The Morgan fingerprint density at radius 3 is 1.64 bits per heavy atom. The molecule has 0 aromatic rings. The van der Waals surface area contributed by atoms with E-state index in [1.165, 1.54) is 12.8 Å². The van der Waals surface area contributed by atoms with Crippen molar-refractivity contribution in [2.45, 2.75) is 122 Å². The molecule has 8 heteroatoms. The Labute approximate surface area is 303 Å². The highest BCUT2D eigenvalue weighted by molar-refractivity contribution is 5.72. The first kappa shape index (κ1) is 46.5. The summed E-state index contributed by atoms with van der Waals surface area (Å²) in [7, 11) is 5.48. The van der Waals surface area contributed by atoms with Crippen LogP contribution in [0.25, 0.3) is 0 Å². The van der Waals surface area contributed by atoms with E-state index in [0.717, 1.165) is 57.8 Å². The Morgan fingerprint density at radius 2 is 1.12 bits per heavy atom. The van der Waals surface area contributed by atoms with E-state index in [9.17, 15) is 19.5 Å². The summed E-state index contributed by atoms with van der Waals surface area (Å²) in [5, 5.41) is 9.57. The number of nitrogens with zero attached hydrogens (tertiary/aromatic N) is 1. The molecule has 0 aromatic heterocycles. The van der Waals surface area contributed by atoms with E-state index >= 15 is 0 Å². The number of carbonyl (C=O) groups is 3. The SMILES string of the molecule is CC/C=C/C=C/C=C/C=C/C=C/CCCCCC(=O)OC(COCCC(C(=O)O)[N+](C)(C)C)COC(=O)CCCCC/C=C/C=C/CCCC. The zero-order chi connectivity index (χ0) is 37.1. The Hall–Kier alpha value is -3.49. The van der Waals surface area contributed by atoms with Gasteiger partial charge in [-0.2, -0.15) is 0 Å². The van der Waals surface area contributed by atoms with Crippen LogP contribution in [0.4, 0.5) is 0 Å². The van der Waals surface area contributed by atoms with Gasteiger partial charge in [0, 0.05) is 19.3 Å². The van der Waals surface area contributed by atoms with E-state index in [4.69, 9.17) is 14.2 Å². The predicted molar refractivity (Wildman–Crippen MR) is 206 cm³/mol. The second kappa shape index (κ2) is 32.7. The van der Waals surface area contributed by atoms with Crippen LogP contribution in [0.1, 0.15) is 110 Å². The maximum atomic E-state index is 12.6. The van der Waals surface area contributed by atoms with Gasteiger partial charge in [-0.15, -0.1) is 0 Å². The number of carboxylic acids is 1. The van der Waals surface area contributed by atoms with Gasteiger partial charge in [-0.05, 0) is 51.4 Å². The minimum atomic E-state index is -0.892. The van der Waals surface area contributed by atoms with Gasteiger partial charge in [0.1, 0.15) is 6.61 Å². The number of carbonyl (C=O) groups excluding carboxylic acids is 2. The van der Waals surface area contributed by atoms with E-state index in [2.05, 4.69) is 50.3 Å². The van der Waals surface area contributed by atoms with Crippen LogP contribution in [0.3, 0.4) is 0 Å². The Morgan fingerprint density at radius 1 is 0.620 bits per heavy atom. The number of hydrogen-bond acceptors (Lipinski definition) is 6. The third-order valence-electron chi connectivity index (χ3n) is 7.68. The van der Waals surface area contributed by atoms with Crippen LogP contribution in [0.15, 0.2) is 85.1 Å². The van der Waals surface area contributed by atoms with Crippen molar-refractivity contribution >= 4 is 17.9 Å². The number of ether oxygens (including phenoxy) is 3. The van der Waals surface area contributed by atoms with Gasteiger partial charge in [-0.25, -0.2) is 4.79 Å². The Bertz CT molecular complexity index is 1090. The van der Waals surface area contributed by atoms with Crippen molar-refractivity contribution < 1.29 is 38.2 Å². The van der Waals surface area contributed by atoms with Gasteiger partial charge in [-0.1, -0.05) is 125 Å². The quantitative estimate of drug-likeness (QED) is 0.0333. The number of aliphatic carboxylic acids is 1. The summed E-state index contributed by atoms with van der Waals surface area (Å²) in [5.74, 6) is -1.58. The van der Waals surface area contributed by atoms with Crippen LogP contribution in [0.2, 0.25) is 0 Å². The van der Waals surface area contributed by atoms with Gasteiger partial charge >= 0.3 is 17.9 Å². The number of rotatable bonds is 31. The Balaban J connectivity index is 4.60. The fraction of sp³-hybridized carbons (Fsp3) is 0.595. The lowest BCUT2D eigenvalue weighted by atomic mass is 10.1. The van der Waals surface area contributed by atoms with Crippen LogP contribution >= 0.6 is 0 Å². The molecular formula is C42H68NO7+. The zero-order valence-electron chi connectivity index (χ0n) is 31.8. The Kier molecular flexibility index (Phi) is 30.4. The van der Waals surface area contributed by atoms with Gasteiger partial charge in [0.05, 0.1) is 34.4 Å². The lowest BCUT2D eigenvalue weighted by Gasteiger charge is -2.31. The number of allylic oxidation sites excluding steroid dienone is 14. The maximum Gasteiger partial charge on any atom is 0.362 e. The predicted octanol–water partition coefficient (Wildman–Crippen LogP) is 9.40. The smallest absolute Gasteiger partial charge is 0.362 e. The molecule has 50 heavy (non-hydrogen) atoms. The fourth-order valence-corrected chi connectivity index (χ4v) is 4.73. The highest BCUT2D eigenvalue weighted by Gasteiger charge is 2.31. The second-order valence-corrected chi connectivity index (χ2v) is 13.2. The molecule has 2 unspecified atom stereocenters. The number of unbranched alkanes of at least 4 members (excludes halogenated alkanes) is 8. The minimum absolute atomic E-state index is 0.0292. The first-order valence-electron chi connectivity index (χ1n) is 18.7. The maximum absolute atomic E-state index is 12.6. The van der Waals surface area contributed by atoms with E-state index in [1.54, 1.807) is 0 Å². The molecule has 0 fully saturated rings. The molecular weight excluding hydrogens is 630 g/mol. The molecule has 0 heterocycles. The highest BCUT2D eigenvalue weighted by atomic mass is 16.6. The van der Waals surface area contributed by atoms with Gasteiger partial charge in [0.2, 0.25) is 0 Å². The fourth-order valence-electron chi connectivity index (χ4n) is 4.73. The summed E-state index contributed by atoms with van der Waals surface area (Å²) in [6, 6.07) is -0.630. The largest absolute Gasteiger partial charge is 0.477 e. The molecule has 8 nitrogen and oxygen atoms in total. The van der Waals surface area contributed by atoms with E-state index in [-0.39, 0.29) is 42.7 Å². The van der Waals surface area contributed by atoms with Crippen LogP contribution in [0.5, 0.6) is 0 Å². The van der Waals surface area contributed by atoms with Gasteiger partial charge in [0.15, 0.2) is 12.1 Å². The average molecular weight is 699 g/mol.